The molecule has 0 spiro atoms. The van der Waals surface area contributed by atoms with E-state index in [1.54, 1.807) is 23.7 Å². The summed E-state index contributed by atoms with van der Waals surface area (Å²) < 4.78 is 5.29. The first kappa shape index (κ1) is 19.5. The Bertz CT molecular complexity index is 922. The number of hydrogen-bond donors (Lipinski definition) is 1. The molecule has 0 bridgehead atoms. The number of furan rings is 1. The van der Waals surface area contributed by atoms with E-state index in [4.69, 9.17) is 4.42 Å². The molecular weight excluding hydrogens is 384 g/mol. The molecule has 150 valence electrons. The number of likely N-dealkylation sites (tertiary alicyclic amines) is 1. The number of amides is 2. The zero-order chi connectivity index (χ0) is 20.1. The van der Waals surface area contributed by atoms with Gasteiger partial charge in [-0.05, 0) is 42.0 Å². The van der Waals surface area contributed by atoms with Crippen molar-refractivity contribution in [3.05, 3.63) is 82.4 Å². The fourth-order valence-electron chi connectivity index (χ4n) is 3.88. The molecule has 3 heterocycles. The van der Waals surface area contributed by atoms with Crippen molar-refractivity contribution in [1.82, 2.24) is 10.2 Å². The molecule has 29 heavy (non-hydrogen) atoms. The summed E-state index contributed by atoms with van der Waals surface area (Å²) in [5.41, 5.74) is 1.13. The minimum absolute atomic E-state index is 0.0118. The lowest BCUT2D eigenvalue weighted by molar-refractivity contribution is -0.138. The lowest BCUT2D eigenvalue weighted by Crippen LogP contribution is -2.47. The molecule has 0 unspecified atom stereocenters. The Morgan fingerprint density at radius 2 is 1.93 bits per heavy atom. The SMILES string of the molecule is O=C(NCc1ccco1)[C@@H]1CC[C@H](c2ccccc2)N(C(=O)Cc2cccs2)C1. The Morgan fingerprint density at radius 1 is 1.07 bits per heavy atom. The van der Waals surface area contributed by atoms with Gasteiger partial charge in [0.2, 0.25) is 11.8 Å². The molecule has 1 N–H and O–H groups in total. The van der Waals surface area contributed by atoms with Crippen LogP contribution in [0.3, 0.4) is 0 Å². The van der Waals surface area contributed by atoms with Crippen molar-refractivity contribution < 1.29 is 14.0 Å². The number of hydrogen-bond acceptors (Lipinski definition) is 4. The van der Waals surface area contributed by atoms with Gasteiger partial charge >= 0.3 is 0 Å². The Labute approximate surface area is 174 Å². The number of carbonyl (C=O) groups excluding carboxylic acids is 2. The molecule has 0 radical (unpaired) electrons. The number of benzene rings is 1. The average molecular weight is 409 g/mol. The monoisotopic (exact) mass is 408 g/mol. The molecule has 0 aliphatic carbocycles. The van der Waals surface area contributed by atoms with Crippen LogP contribution in [-0.2, 0) is 22.6 Å². The summed E-state index contributed by atoms with van der Waals surface area (Å²) in [5, 5.41) is 4.93. The van der Waals surface area contributed by atoms with E-state index in [1.807, 2.05) is 46.7 Å². The van der Waals surface area contributed by atoms with Gasteiger partial charge in [-0.25, -0.2) is 0 Å². The first-order valence-corrected chi connectivity index (χ1v) is 10.8. The summed E-state index contributed by atoms with van der Waals surface area (Å²) in [6.07, 6.45) is 3.50. The number of nitrogens with one attached hydrogen (secondary N) is 1. The summed E-state index contributed by atoms with van der Waals surface area (Å²) in [6, 6.07) is 17.7. The topological polar surface area (TPSA) is 62.6 Å². The highest BCUT2D eigenvalue weighted by atomic mass is 32.1. The number of carbonyl (C=O) groups is 2. The molecule has 1 fully saturated rings. The Morgan fingerprint density at radius 3 is 2.66 bits per heavy atom. The third kappa shape index (κ3) is 4.77. The van der Waals surface area contributed by atoms with Crippen LogP contribution in [0.4, 0.5) is 0 Å². The molecule has 1 aromatic carbocycles. The predicted molar refractivity (Wildman–Crippen MR) is 112 cm³/mol. The minimum Gasteiger partial charge on any atom is -0.467 e. The van der Waals surface area contributed by atoms with Gasteiger partial charge in [0.15, 0.2) is 0 Å². The maximum atomic E-state index is 13.1. The fraction of sp³-hybridized carbons (Fsp3) is 0.304. The van der Waals surface area contributed by atoms with Crippen LogP contribution < -0.4 is 5.32 Å². The van der Waals surface area contributed by atoms with Crippen LogP contribution in [0.1, 0.15) is 35.1 Å². The molecule has 2 amide bonds. The Balaban J connectivity index is 1.47. The van der Waals surface area contributed by atoms with Crippen molar-refractivity contribution >= 4 is 23.2 Å². The van der Waals surface area contributed by atoms with Gasteiger partial charge < -0.3 is 14.6 Å². The van der Waals surface area contributed by atoms with E-state index in [1.165, 1.54) is 0 Å². The van der Waals surface area contributed by atoms with Gasteiger partial charge in [0.1, 0.15) is 5.76 Å². The van der Waals surface area contributed by atoms with Gasteiger partial charge in [0.25, 0.3) is 0 Å². The molecule has 0 saturated carbocycles. The quantitative estimate of drug-likeness (QED) is 0.666. The molecule has 1 saturated heterocycles. The molecular formula is C23H24N2O3S. The van der Waals surface area contributed by atoms with Crippen molar-refractivity contribution in [1.29, 1.82) is 0 Å². The Hall–Kier alpha value is -2.86. The highest BCUT2D eigenvalue weighted by Gasteiger charge is 2.35. The van der Waals surface area contributed by atoms with Crippen molar-refractivity contribution in [2.45, 2.75) is 31.8 Å². The summed E-state index contributed by atoms with van der Waals surface area (Å²) >= 11 is 1.59. The number of thiophene rings is 1. The zero-order valence-corrected chi connectivity index (χ0v) is 16.9. The van der Waals surface area contributed by atoms with Crippen molar-refractivity contribution in [3.63, 3.8) is 0 Å². The minimum atomic E-state index is -0.211. The van der Waals surface area contributed by atoms with Crippen LogP contribution in [0.15, 0.2) is 70.7 Å². The van der Waals surface area contributed by atoms with E-state index in [-0.39, 0.29) is 23.8 Å². The van der Waals surface area contributed by atoms with Gasteiger partial charge in [-0.1, -0.05) is 36.4 Å². The number of rotatable bonds is 6. The van der Waals surface area contributed by atoms with E-state index in [0.29, 0.717) is 19.5 Å². The van der Waals surface area contributed by atoms with Crippen molar-refractivity contribution in [2.24, 2.45) is 5.92 Å². The first-order valence-electron chi connectivity index (χ1n) is 9.87. The lowest BCUT2D eigenvalue weighted by Gasteiger charge is -2.39. The second kappa shape index (κ2) is 9.09. The molecule has 1 aliphatic rings. The van der Waals surface area contributed by atoms with E-state index in [0.717, 1.165) is 29.0 Å². The van der Waals surface area contributed by atoms with Gasteiger partial charge in [-0.2, -0.15) is 0 Å². The Kier molecular flexibility index (Phi) is 6.10. The highest BCUT2D eigenvalue weighted by molar-refractivity contribution is 7.10. The standard InChI is InChI=1S/C23H24N2O3S/c26-22(14-20-9-5-13-29-20)25-16-18(23(27)24-15-19-8-4-12-28-19)10-11-21(25)17-6-2-1-3-7-17/h1-9,12-13,18,21H,10-11,14-16H2,(H,24,27)/t18-,21-/m1/s1. The summed E-state index contributed by atoms with van der Waals surface area (Å²) in [6.45, 7) is 0.807. The van der Waals surface area contributed by atoms with Crippen LogP contribution in [0.5, 0.6) is 0 Å². The highest BCUT2D eigenvalue weighted by Crippen LogP contribution is 2.34. The van der Waals surface area contributed by atoms with Gasteiger partial charge in [-0.3, -0.25) is 9.59 Å². The smallest absolute Gasteiger partial charge is 0.228 e. The molecule has 3 aromatic rings. The molecule has 5 nitrogen and oxygen atoms in total. The maximum absolute atomic E-state index is 13.1. The van der Waals surface area contributed by atoms with Crippen LogP contribution in [0, 0.1) is 5.92 Å². The number of nitrogens with zero attached hydrogens (tertiary/aromatic N) is 1. The van der Waals surface area contributed by atoms with Crippen LogP contribution >= 0.6 is 11.3 Å². The summed E-state index contributed by atoms with van der Waals surface area (Å²) in [7, 11) is 0. The van der Waals surface area contributed by atoms with E-state index in [2.05, 4.69) is 17.4 Å². The van der Waals surface area contributed by atoms with Crippen LogP contribution in [0.2, 0.25) is 0 Å². The lowest BCUT2D eigenvalue weighted by atomic mass is 9.88. The van der Waals surface area contributed by atoms with Crippen molar-refractivity contribution in [2.75, 3.05) is 6.54 Å². The molecule has 1 aliphatic heterocycles. The molecule has 2 aromatic heterocycles. The molecule has 4 rings (SSSR count). The second-order valence-electron chi connectivity index (χ2n) is 7.30. The normalized spacial score (nSPS) is 19.1. The predicted octanol–water partition coefficient (Wildman–Crippen LogP) is 4.18. The summed E-state index contributed by atoms with van der Waals surface area (Å²) in [5.74, 6) is 0.561. The van der Waals surface area contributed by atoms with Gasteiger partial charge in [-0.15, -0.1) is 11.3 Å². The van der Waals surface area contributed by atoms with E-state index < -0.39 is 0 Å². The van der Waals surface area contributed by atoms with Gasteiger partial charge in [0, 0.05) is 11.4 Å². The second-order valence-corrected chi connectivity index (χ2v) is 8.33. The van der Waals surface area contributed by atoms with Crippen molar-refractivity contribution in [3.8, 4) is 0 Å². The first-order chi connectivity index (χ1) is 14.2. The fourth-order valence-corrected chi connectivity index (χ4v) is 4.57. The maximum Gasteiger partial charge on any atom is 0.228 e. The zero-order valence-electron chi connectivity index (χ0n) is 16.1. The van der Waals surface area contributed by atoms with Crippen LogP contribution in [-0.4, -0.2) is 23.3 Å². The largest absolute Gasteiger partial charge is 0.467 e. The van der Waals surface area contributed by atoms with E-state index in [9.17, 15) is 9.59 Å². The third-order valence-corrected chi connectivity index (χ3v) is 6.26. The third-order valence-electron chi connectivity index (χ3n) is 5.38. The average Bonchev–Trinajstić information content (AvgIpc) is 3.46. The summed E-state index contributed by atoms with van der Waals surface area (Å²) in [4.78, 5) is 28.8. The van der Waals surface area contributed by atoms with Gasteiger partial charge in [0.05, 0.1) is 31.2 Å². The molecule has 6 heteroatoms. The van der Waals surface area contributed by atoms with Crippen LogP contribution in [0.25, 0.3) is 0 Å². The molecule has 2 atom stereocenters. The number of piperidine rings is 1. The van der Waals surface area contributed by atoms with E-state index >= 15 is 0 Å².